The molecule has 2 aromatic heterocycles. The van der Waals surface area contributed by atoms with Crippen LogP contribution in [0.3, 0.4) is 0 Å². The van der Waals surface area contributed by atoms with Crippen LogP contribution in [0.2, 0.25) is 5.28 Å². The summed E-state index contributed by atoms with van der Waals surface area (Å²) in [6.07, 6.45) is 2.31. The van der Waals surface area contributed by atoms with Gasteiger partial charge < -0.3 is 24.3 Å². The second-order valence-electron chi connectivity index (χ2n) is 12.4. The summed E-state index contributed by atoms with van der Waals surface area (Å²) in [6.45, 7) is 1.11. The molecule has 3 heterocycles. The molecule has 5 aromatic rings. The van der Waals surface area contributed by atoms with Gasteiger partial charge in [-0.2, -0.15) is 10.2 Å². The quantitative estimate of drug-likeness (QED) is 0.141. The summed E-state index contributed by atoms with van der Waals surface area (Å²) in [4.78, 5) is 4.53. The van der Waals surface area contributed by atoms with Crippen LogP contribution >= 0.6 is 11.6 Å². The second kappa shape index (κ2) is 14.9. The number of nitrogens with one attached hydrogen (secondary N) is 1. The minimum absolute atomic E-state index is 0.0629. The van der Waals surface area contributed by atoms with Crippen LogP contribution in [0.15, 0.2) is 103 Å². The number of fused-ring (bicyclic) bond motifs is 1. The highest BCUT2D eigenvalue weighted by atomic mass is 35.5. The van der Waals surface area contributed by atoms with Crippen molar-refractivity contribution in [1.82, 2.24) is 14.6 Å². The van der Waals surface area contributed by atoms with Gasteiger partial charge in [-0.05, 0) is 53.3 Å². The SMILES string of the molecule is N#CC1(c2ccc3c(NC4CCCC4)nc(Cl)nn23)O[C@H](COCc2ccccc2)[C@@H](OCc2ccccc2)[C@H]1OCc1ccccc1. The Morgan fingerprint density at radius 3 is 2.06 bits per heavy atom. The van der Waals surface area contributed by atoms with Crippen LogP contribution < -0.4 is 5.32 Å². The van der Waals surface area contributed by atoms with Gasteiger partial charge in [-0.3, -0.25) is 0 Å². The predicted octanol–water partition coefficient (Wildman–Crippen LogP) is 7.24. The first-order valence-corrected chi connectivity index (χ1v) is 16.8. The van der Waals surface area contributed by atoms with E-state index in [2.05, 4.69) is 21.5 Å². The summed E-state index contributed by atoms with van der Waals surface area (Å²) in [5.74, 6) is 0.626. The van der Waals surface area contributed by atoms with E-state index in [9.17, 15) is 5.26 Å². The molecule has 2 aliphatic rings. The van der Waals surface area contributed by atoms with E-state index >= 15 is 0 Å². The first kappa shape index (κ1) is 32.3. The Labute approximate surface area is 285 Å². The van der Waals surface area contributed by atoms with Crippen LogP contribution in [-0.2, 0) is 44.4 Å². The third kappa shape index (κ3) is 6.95. The van der Waals surface area contributed by atoms with Gasteiger partial charge in [0.2, 0.25) is 10.9 Å². The highest BCUT2D eigenvalue weighted by molar-refractivity contribution is 6.28. The van der Waals surface area contributed by atoms with Crippen LogP contribution in [0.25, 0.3) is 5.52 Å². The molecule has 0 radical (unpaired) electrons. The molecular weight excluding hydrogens is 626 g/mol. The fourth-order valence-corrected chi connectivity index (χ4v) is 6.86. The Balaban J connectivity index is 1.27. The van der Waals surface area contributed by atoms with Crippen LogP contribution in [0.1, 0.15) is 48.1 Å². The zero-order valence-electron chi connectivity index (χ0n) is 26.6. The third-order valence-electron chi connectivity index (χ3n) is 9.08. The molecule has 1 saturated heterocycles. The standard InChI is InChI=1S/C38H38ClN5O4/c39-37-42-36(41-30-18-10-11-19-30)31-20-21-33(44(31)43-37)38(26-40)35(47-24-29-16-8-3-9-17-29)34(46-23-28-14-6-2-7-15-28)32(48-38)25-45-22-27-12-4-1-5-13-27/h1-9,12-17,20-21,30,32,34-35H,10-11,18-19,22-25H2,(H,41,42,43)/t32-,34-,35-,38?/m1/s1. The lowest BCUT2D eigenvalue weighted by Gasteiger charge is -2.29. The van der Waals surface area contributed by atoms with E-state index in [1.165, 1.54) is 12.8 Å². The maximum Gasteiger partial charge on any atom is 0.243 e. The Hall–Kier alpha value is -4.30. The average Bonchev–Trinajstić information content (AvgIpc) is 3.86. The normalized spacial score (nSPS) is 22.6. The number of nitrogens with zero attached hydrogens (tertiary/aromatic N) is 4. The fraction of sp³-hybridized carbons (Fsp3) is 0.342. The maximum absolute atomic E-state index is 11.2. The van der Waals surface area contributed by atoms with Gasteiger partial charge >= 0.3 is 0 Å². The summed E-state index contributed by atoms with van der Waals surface area (Å²) in [7, 11) is 0. The number of hydrogen-bond acceptors (Lipinski definition) is 8. The van der Waals surface area contributed by atoms with E-state index < -0.39 is 23.9 Å². The molecule has 1 N–H and O–H groups in total. The van der Waals surface area contributed by atoms with Crippen LogP contribution in [0.4, 0.5) is 5.82 Å². The molecule has 1 saturated carbocycles. The summed E-state index contributed by atoms with van der Waals surface area (Å²) >= 11 is 6.53. The van der Waals surface area contributed by atoms with E-state index in [0.29, 0.717) is 36.3 Å². The molecule has 7 rings (SSSR count). The first-order chi connectivity index (χ1) is 23.6. The van der Waals surface area contributed by atoms with E-state index in [1.807, 2.05) is 103 Å². The third-order valence-corrected chi connectivity index (χ3v) is 9.24. The zero-order valence-corrected chi connectivity index (χ0v) is 27.3. The number of hydrogen-bond donors (Lipinski definition) is 1. The average molecular weight is 664 g/mol. The maximum atomic E-state index is 11.2. The molecule has 9 nitrogen and oxygen atoms in total. The minimum atomic E-state index is -1.62. The second-order valence-corrected chi connectivity index (χ2v) is 12.7. The summed E-state index contributed by atoms with van der Waals surface area (Å²) < 4.78 is 28.1. The number of anilines is 1. The predicted molar refractivity (Wildman–Crippen MR) is 182 cm³/mol. The van der Waals surface area contributed by atoms with Gasteiger partial charge in [-0.1, -0.05) is 104 Å². The highest BCUT2D eigenvalue weighted by Gasteiger charge is 2.60. The van der Waals surface area contributed by atoms with E-state index in [-0.39, 0.29) is 18.5 Å². The van der Waals surface area contributed by atoms with Gasteiger partial charge in [0.1, 0.15) is 29.9 Å². The lowest BCUT2D eigenvalue weighted by Crippen LogP contribution is -2.44. The first-order valence-electron chi connectivity index (χ1n) is 16.5. The summed E-state index contributed by atoms with van der Waals surface area (Å²) in [6, 6.07) is 36.3. The molecule has 1 unspecified atom stereocenters. The largest absolute Gasteiger partial charge is 0.374 e. The van der Waals surface area contributed by atoms with E-state index in [4.69, 9.17) is 30.5 Å². The Kier molecular flexibility index (Phi) is 9.98. The van der Waals surface area contributed by atoms with Crippen molar-refractivity contribution in [3.63, 3.8) is 0 Å². The number of aromatic nitrogens is 3. The van der Waals surface area contributed by atoms with Crippen molar-refractivity contribution in [2.75, 3.05) is 11.9 Å². The molecule has 0 amide bonds. The molecule has 0 spiro atoms. The highest BCUT2D eigenvalue weighted by Crippen LogP contribution is 2.44. The lowest BCUT2D eigenvalue weighted by molar-refractivity contribution is -0.0971. The molecule has 246 valence electrons. The van der Waals surface area contributed by atoms with Gasteiger partial charge in [0, 0.05) is 6.04 Å². The summed E-state index contributed by atoms with van der Waals surface area (Å²) in [5.41, 5.74) is 2.55. The van der Waals surface area contributed by atoms with Gasteiger partial charge in [0.15, 0.2) is 5.82 Å². The van der Waals surface area contributed by atoms with Crippen molar-refractivity contribution in [2.45, 2.75) is 75.5 Å². The van der Waals surface area contributed by atoms with E-state index in [1.54, 1.807) is 4.52 Å². The van der Waals surface area contributed by atoms with Crippen molar-refractivity contribution in [1.29, 1.82) is 5.26 Å². The molecule has 3 aromatic carbocycles. The monoisotopic (exact) mass is 663 g/mol. The van der Waals surface area contributed by atoms with Crippen LogP contribution in [0, 0.1) is 11.3 Å². The van der Waals surface area contributed by atoms with Crippen LogP contribution in [0.5, 0.6) is 0 Å². The van der Waals surface area contributed by atoms with Crippen molar-refractivity contribution < 1.29 is 18.9 Å². The summed E-state index contributed by atoms with van der Waals surface area (Å²) in [5, 5.41) is 19.4. The molecular formula is C38H38ClN5O4. The van der Waals surface area contributed by atoms with Crippen molar-refractivity contribution >= 4 is 22.9 Å². The molecule has 0 bridgehead atoms. The number of ether oxygens (including phenoxy) is 4. The van der Waals surface area contributed by atoms with Gasteiger partial charge in [-0.25, -0.2) is 4.52 Å². The van der Waals surface area contributed by atoms with Crippen molar-refractivity contribution in [2.24, 2.45) is 0 Å². The van der Waals surface area contributed by atoms with Crippen molar-refractivity contribution in [3.05, 3.63) is 131 Å². The number of halogens is 1. The van der Waals surface area contributed by atoms with Crippen LogP contribution in [-0.4, -0.2) is 45.6 Å². The van der Waals surface area contributed by atoms with Gasteiger partial charge in [-0.15, -0.1) is 5.10 Å². The molecule has 48 heavy (non-hydrogen) atoms. The molecule has 1 aliphatic carbocycles. The molecule has 1 aliphatic heterocycles. The Morgan fingerprint density at radius 2 is 1.44 bits per heavy atom. The van der Waals surface area contributed by atoms with Gasteiger partial charge in [0.05, 0.1) is 32.1 Å². The topological polar surface area (TPSA) is 103 Å². The molecule has 10 heteroatoms. The van der Waals surface area contributed by atoms with Crippen molar-refractivity contribution in [3.8, 4) is 6.07 Å². The lowest BCUT2D eigenvalue weighted by atomic mass is 9.92. The Morgan fingerprint density at radius 1 is 0.833 bits per heavy atom. The molecule has 2 fully saturated rings. The number of benzene rings is 3. The number of rotatable bonds is 13. The Bertz CT molecular complexity index is 1830. The molecule has 4 atom stereocenters. The fourth-order valence-electron chi connectivity index (χ4n) is 6.70. The van der Waals surface area contributed by atoms with Gasteiger partial charge in [0.25, 0.3) is 0 Å². The smallest absolute Gasteiger partial charge is 0.243 e. The van der Waals surface area contributed by atoms with E-state index in [0.717, 1.165) is 29.5 Å². The number of nitriles is 1. The minimum Gasteiger partial charge on any atom is -0.374 e. The zero-order chi connectivity index (χ0) is 32.8.